The molecule has 1 saturated carbocycles. The molecule has 2 atom stereocenters. The maximum Gasteiger partial charge on any atom is 0.240 e. The highest BCUT2D eigenvalue weighted by atomic mass is 127. The van der Waals surface area contributed by atoms with E-state index in [4.69, 9.17) is 4.74 Å². The third-order valence-electron chi connectivity index (χ3n) is 4.70. The van der Waals surface area contributed by atoms with Gasteiger partial charge in [-0.25, -0.2) is 18.1 Å². The molecule has 0 bridgehead atoms. The van der Waals surface area contributed by atoms with Gasteiger partial charge in [-0.15, -0.1) is 24.0 Å². The second-order valence-corrected chi connectivity index (χ2v) is 10.3. The number of hydrogen-bond donors (Lipinski definition) is 3. The summed E-state index contributed by atoms with van der Waals surface area (Å²) in [5, 5.41) is 7.56. The fraction of sp³-hybridized carbons (Fsp3) is 0.650. The molecule has 0 heterocycles. The maximum atomic E-state index is 12.4. The Balaban J connectivity index is 0.00000450. The fourth-order valence-corrected chi connectivity index (χ4v) is 5.54. The monoisotopic (exact) mass is 570 g/mol. The highest BCUT2D eigenvalue weighted by molar-refractivity contribution is 14.0. The van der Waals surface area contributed by atoms with Gasteiger partial charge in [0.25, 0.3) is 0 Å². The quantitative estimate of drug-likeness (QED) is 0.164. The molecule has 10 heteroatoms. The minimum atomic E-state index is -3.55. The summed E-state index contributed by atoms with van der Waals surface area (Å²) in [7, 11) is -2.01. The molecule has 172 valence electrons. The van der Waals surface area contributed by atoms with Gasteiger partial charge in [0, 0.05) is 31.5 Å². The molecule has 0 amide bonds. The van der Waals surface area contributed by atoms with E-state index in [1.165, 1.54) is 13.5 Å². The van der Waals surface area contributed by atoms with Crippen LogP contribution in [0.5, 0.6) is 0 Å². The highest BCUT2D eigenvalue weighted by Gasteiger charge is 2.25. The van der Waals surface area contributed by atoms with Crippen LogP contribution in [0.25, 0.3) is 0 Å². The van der Waals surface area contributed by atoms with Crippen molar-refractivity contribution < 1.29 is 13.2 Å². The lowest BCUT2D eigenvalue weighted by atomic mass is 10.2. The van der Waals surface area contributed by atoms with Crippen LogP contribution in [-0.2, 0) is 21.3 Å². The fourth-order valence-electron chi connectivity index (χ4n) is 3.31. The molecular weight excluding hydrogens is 535 g/mol. The Kier molecular flexibility index (Phi) is 13.3. The van der Waals surface area contributed by atoms with Crippen molar-refractivity contribution in [2.45, 2.75) is 55.8 Å². The van der Waals surface area contributed by atoms with E-state index < -0.39 is 10.0 Å². The minimum absolute atomic E-state index is 0. The topological polar surface area (TPSA) is 91.8 Å². The zero-order valence-corrected chi connectivity index (χ0v) is 22.0. The number of aliphatic imine (C=N–C) groups is 1. The van der Waals surface area contributed by atoms with Gasteiger partial charge in [0.15, 0.2) is 5.96 Å². The number of ether oxygens (including phenoxy) is 1. The zero-order chi connectivity index (χ0) is 21.1. The molecule has 7 nitrogen and oxygen atoms in total. The van der Waals surface area contributed by atoms with Crippen LogP contribution in [0.4, 0.5) is 0 Å². The molecule has 1 aliphatic rings. The smallest absolute Gasteiger partial charge is 0.240 e. The molecule has 1 fully saturated rings. The Morgan fingerprint density at radius 3 is 2.80 bits per heavy atom. The Bertz CT molecular complexity index is 762. The van der Waals surface area contributed by atoms with Crippen LogP contribution >= 0.6 is 35.7 Å². The van der Waals surface area contributed by atoms with E-state index in [9.17, 15) is 8.42 Å². The second-order valence-electron chi connectivity index (χ2n) is 6.96. The van der Waals surface area contributed by atoms with Gasteiger partial charge >= 0.3 is 0 Å². The molecule has 0 saturated heterocycles. The molecule has 1 aromatic rings. The summed E-state index contributed by atoms with van der Waals surface area (Å²) < 4.78 is 32.2. The third kappa shape index (κ3) is 9.29. The van der Waals surface area contributed by atoms with Crippen LogP contribution in [0.1, 0.15) is 38.7 Å². The largest absolute Gasteiger partial charge is 0.383 e. The van der Waals surface area contributed by atoms with Gasteiger partial charge in [0.2, 0.25) is 10.0 Å². The van der Waals surface area contributed by atoms with Gasteiger partial charge in [-0.05, 0) is 49.6 Å². The molecule has 1 aliphatic carbocycles. The first-order valence-electron chi connectivity index (χ1n) is 10.2. The van der Waals surface area contributed by atoms with E-state index in [0.29, 0.717) is 19.2 Å². The molecule has 0 aromatic heterocycles. The van der Waals surface area contributed by atoms with Crippen molar-refractivity contribution in [3.63, 3.8) is 0 Å². The van der Waals surface area contributed by atoms with Gasteiger partial charge in [0.05, 0.1) is 18.0 Å². The Labute approximate surface area is 202 Å². The maximum absolute atomic E-state index is 12.4. The van der Waals surface area contributed by atoms with Crippen molar-refractivity contribution in [2.24, 2.45) is 4.99 Å². The standard InChI is InChI=1S/C20H34N4O3S2.HI/c1-4-21-20(24-17-9-10-18(14-17)28-5-2)22-15-16-7-6-8-19(13-16)29(25,26)23-11-12-27-3;/h6-8,13,17-18,23H,4-5,9-12,14-15H2,1-3H3,(H2,21,22,24);1H. The van der Waals surface area contributed by atoms with Crippen molar-refractivity contribution in [1.82, 2.24) is 15.4 Å². The second kappa shape index (κ2) is 14.5. The molecule has 30 heavy (non-hydrogen) atoms. The number of halogens is 1. The average Bonchev–Trinajstić information content (AvgIpc) is 3.14. The van der Waals surface area contributed by atoms with Crippen LogP contribution in [0.15, 0.2) is 34.2 Å². The van der Waals surface area contributed by atoms with E-state index >= 15 is 0 Å². The zero-order valence-electron chi connectivity index (χ0n) is 18.0. The number of nitrogens with zero attached hydrogens (tertiary/aromatic N) is 1. The van der Waals surface area contributed by atoms with E-state index in [1.54, 1.807) is 18.2 Å². The first-order valence-corrected chi connectivity index (χ1v) is 12.8. The van der Waals surface area contributed by atoms with E-state index in [2.05, 4.69) is 27.3 Å². The molecule has 0 radical (unpaired) electrons. The van der Waals surface area contributed by atoms with Crippen molar-refractivity contribution in [3.8, 4) is 0 Å². The van der Waals surface area contributed by atoms with E-state index in [-0.39, 0.29) is 35.4 Å². The van der Waals surface area contributed by atoms with Crippen molar-refractivity contribution >= 4 is 51.7 Å². The van der Waals surface area contributed by atoms with Gasteiger partial charge in [-0.1, -0.05) is 19.1 Å². The number of nitrogens with one attached hydrogen (secondary N) is 3. The molecule has 0 aliphatic heterocycles. The van der Waals surface area contributed by atoms with E-state index in [1.807, 2.05) is 24.8 Å². The lowest BCUT2D eigenvalue weighted by molar-refractivity contribution is 0.204. The summed E-state index contributed by atoms with van der Waals surface area (Å²) in [4.78, 5) is 4.91. The van der Waals surface area contributed by atoms with E-state index in [0.717, 1.165) is 41.9 Å². The Morgan fingerprint density at radius 1 is 1.30 bits per heavy atom. The lowest BCUT2D eigenvalue weighted by Gasteiger charge is -2.17. The summed E-state index contributed by atoms with van der Waals surface area (Å²) in [6, 6.07) is 7.35. The molecule has 0 spiro atoms. The Hall–Kier alpha value is -0.560. The van der Waals surface area contributed by atoms with Gasteiger partial charge < -0.3 is 15.4 Å². The average molecular weight is 571 g/mol. The van der Waals surface area contributed by atoms with Crippen molar-refractivity contribution in [3.05, 3.63) is 29.8 Å². The lowest BCUT2D eigenvalue weighted by Crippen LogP contribution is -2.42. The number of methoxy groups -OCH3 is 1. The first kappa shape index (κ1) is 27.5. The van der Waals surface area contributed by atoms with Crippen LogP contribution in [0.2, 0.25) is 0 Å². The normalized spacial score (nSPS) is 19.4. The first-order chi connectivity index (χ1) is 14.0. The van der Waals surface area contributed by atoms with Crippen LogP contribution in [0.3, 0.4) is 0 Å². The summed E-state index contributed by atoms with van der Waals surface area (Å²) >= 11 is 2.03. The molecule has 1 aromatic carbocycles. The number of benzene rings is 1. The van der Waals surface area contributed by atoms with Gasteiger partial charge in [-0.3, -0.25) is 0 Å². The number of hydrogen-bond acceptors (Lipinski definition) is 5. The van der Waals surface area contributed by atoms with Crippen LogP contribution in [-0.4, -0.2) is 58.2 Å². The van der Waals surface area contributed by atoms with Gasteiger partial charge in [-0.2, -0.15) is 11.8 Å². The minimum Gasteiger partial charge on any atom is -0.383 e. The number of sulfonamides is 1. The predicted molar refractivity (Wildman–Crippen MR) is 136 cm³/mol. The van der Waals surface area contributed by atoms with Crippen molar-refractivity contribution in [2.75, 3.05) is 32.6 Å². The Morgan fingerprint density at radius 2 is 2.10 bits per heavy atom. The number of thioether (sulfide) groups is 1. The molecule has 2 unspecified atom stereocenters. The summed E-state index contributed by atoms with van der Waals surface area (Å²) in [6.45, 7) is 6.02. The highest BCUT2D eigenvalue weighted by Crippen LogP contribution is 2.29. The third-order valence-corrected chi connectivity index (χ3v) is 7.39. The number of rotatable bonds is 11. The SMILES string of the molecule is CCNC(=NCc1cccc(S(=O)(=O)NCCOC)c1)NC1CCC(SCC)C1.I. The number of guanidine groups is 1. The van der Waals surface area contributed by atoms with Gasteiger partial charge in [0.1, 0.15) is 0 Å². The molecule has 2 rings (SSSR count). The van der Waals surface area contributed by atoms with Crippen LogP contribution in [0, 0.1) is 0 Å². The summed E-state index contributed by atoms with van der Waals surface area (Å²) in [6.07, 6.45) is 3.55. The predicted octanol–water partition coefficient (Wildman–Crippen LogP) is 2.96. The molecule has 3 N–H and O–H groups in total. The summed E-state index contributed by atoms with van der Waals surface area (Å²) in [5.41, 5.74) is 0.850. The molecular formula is C20H35IN4O3S2. The van der Waals surface area contributed by atoms with Crippen molar-refractivity contribution in [1.29, 1.82) is 0 Å². The van der Waals surface area contributed by atoms with Crippen LogP contribution < -0.4 is 15.4 Å². The summed E-state index contributed by atoms with van der Waals surface area (Å²) in [5.74, 6) is 1.94.